The molecular weight excluding hydrogens is 400 g/mol. The van der Waals surface area contributed by atoms with E-state index in [0.29, 0.717) is 0 Å². The zero-order valence-electron chi connectivity index (χ0n) is 17.5. The summed E-state index contributed by atoms with van der Waals surface area (Å²) < 4.78 is 10.2. The maximum Gasteiger partial charge on any atom is 0.407 e. The third-order valence-electron chi connectivity index (χ3n) is 5.24. The number of carboxylic acid groups (broad SMARTS) is 1. The number of carboxylic acids is 1. The summed E-state index contributed by atoms with van der Waals surface area (Å²) in [5.41, 5.74) is 4.53. The zero-order valence-corrected chi connectivity index (χ0v) is 17.5. The Balaban J connectivity index is 1.49. The number of amides is 2. The molecule has 2 aromatic carbocycles. The minimum absolute atomic E-state index is 0.0136. The largest absolute Gasteiger partial charge is 0.479 e. The lowest BCUT2D eigenvalue weighted by Gasteiger charge is -2.17. The van der Waals surface area contributed by atoms with E-state index in [1.54, 1.807) is 6.92 Å². The molecule has 8 nitrogen and oxygen atoms in total. The normalized spacial score (nSPS) is 14.1. The molecule has 0 heterocycles. The molecule has 2 atom stereocenters. The lowest BCUT2D eigenvalue weighted by molar-refractivity contribution is -0.148. The highest BCUT2D eigenvalue weighted by atomic mass is 16.5. The predicted octanol–water partition coefficient (Wildman–Crippen LogP) is 2.52. The van der Waals surface area contributed by atoms with Gasteiger partial charge in [0.25, 0.3) is 0 Å². The van der Waals surface area contributed by atoms with Gasteiger partial charge in [-0.25, -0.2) is 9.59 Å². The van der Waals surface area contributed by atoms with Crippen LogP contribution >= 0.6 is 0 Å². The van der Waals surface area contributed by atoms with Crippen molar-refractivity contribution in [2.45, 2.75) is 31.4 Å². The molecule has 3 N–H and O–H groups in total. The first-order chi connectivity index (χ1) is 14.9. The topological polar surface area (TPSA) is 114 Å². The van der Waals surface area contributed by atoms with Gasteiger partial charge in [0, 0.05) is 25.5 Å². The Labute approximate surface area is 180 Å². The maximum absolute atomic E-state index is 12.3. The van der Waals surface area contributed by atoms with Gasteiger partial charge in [-0.2, -0.15) is 0 Å². The molecular formula is C23H26N2O6. The average molecular weight is 426 g/mol. The highest BCUT2D eigenvalue weighted by molar-refractivity contribution is 5.80. The number of methoxy groups -OCH3 is 1. The van der Waals surface area contributed by atoms with Crippen LogP contribution in [-0.2, 0) is 19.1 Å². The number of nitrogens with one attached hydrogen (secondary N) is 2. The Kier molecular flexibility index (Phi) is 7.25. The van der Waals surface area contributed by atoms with Crippen LogP contribution in [0.4, 0.5) is 4.79 Å². The molecule has 0 spiro atoms. The summed E-state index contributed by atoms with van der Waals surface area (Å²) in [7, 11) is 1.26. The minimum atomic E-state index is -1.16. The second kappa shape index (κ2) is 10.1. The monoisotopic (exact) mass is 426 g/mol. The Morgan fingerprint density at radius 1 is 1.03 bits per heavy atom. The quantitative estimate of drug-likeness (QED) is 0.568. The van der Waals surface area contributed by atoms with E-state index in [1.165, 1.54) is 7.11 Å². The molecule has 0 aliphatic heterocycles. The summed E-state index contributed by atoms with van der Waals surface area (Å²) in [5, 5.41) is 14.0. The van der Waals surface area contributed by atoms with Gasteiger partial charge in [-0.15, -0.1) is 0 Å². The molecule has 0 fully saturated rings. The minimum Gasteiger partial charge on any atom is -0.479 e. The number of benzene rings is 2. The molecule has 0 bridgehead atoms. The van der Waals surface area contributed by atoms with Crippen LogP contribution in [0.2, 0.25) is 0 Å². The van der Waals surface area contributed by atoms with Crippen LogP contribution in [-0.4, -0.2) is 55.5 Å². The molecule has 31 heavy (non-hydrogen) atoms. The number of fused-ring (bicyclic) bond motifs is 3. The highest BCUT2D eigenvalue weighted by Crippen LogP contribution is 2.44. The van der Waals surface area contributed by atoms with Gasteiger partial charge in [0.05, 0.1) is 6.54 Å². The summed E-state index contributed by atoms with van der Waals surface area (Å²) in [6, 6.07) is 15.6. The molecule has 0 saturated heterocycles. The standard InChI is InChI=1S/C23H26N2O6/c1-14(11-21(26)24-12-20(30-2)22(27)28)25-23(29)31-13-19-17-9-5-3-7-15(17)16-8-4-6-10-18(16)19/h3-10,14,19-20H,11-13H2,1-2H3,(H,24,26)(H,25,29)(H,27,28). The third-order valence-corrected chi connectivity index (χ3v) is 5.24. The second-order valence-corrected chi connectivity index (χ2v) is 7.44. The van der Waals surface area contributed by atoms with Gasteiger partial charge in [-0.1, -0.05) is 48.5 Å². The summed E-state index contributed by atoms with van der Waals surface area (Å²) >= 11 is 0. The van der Waals surface area contributed by atoms with E-state index in [9.17, 15) is 14.4 Å². The van der Waals surface area contributed by atoms with Crippen LogP contribution in [0.25, 0.3) is 11.1 Å². The second-order valence-electron chi connectivity index (χ2n) is 7.44. The van der Waals surface area contributed by atoms with Crippen LogP contribution < -0.4 is 10.6 Å². The van der Waals surface area contributed by atoms with E-state index in [2.05, 4.69) is 22.8 Å². The number of hydrogen-bond acceptors (Lipinski definition) is 5. The summed E-state index contributed by atoms with van der Waals surface area (Å²) in [6.45, 7) is 1.71. The third kappa shape index (κ3) is 5.40. The molecule has 164 valence electrons. The maximum atomic E-state index is 12.3. The number of carbonyl (C=O) groups excluding carboxylic acids is 2. The fourth-order valence-corrected chi connectivity index (χ4v) is 3.72. The van der Waals surface area contributed by atoms with Crippen molar-refractivity contribution < 1.29 is 29.0 Å². The van der Waals surface area contributed by atoms with Crippen molar-refractivity contribution in [1.29, 1.82) is 0 Å². The van der Waals surface area contributed by atoms with Crippen molar-refractivity contribution in [2.24, 2.45) is 0 Å². The van der Waals surface area contributed by atoms with Crippen molar-refractivity contribution in [2.75, 3.05) is 20.3 Å². The molecule has 2 unspecified atom stereocenters. The number of carbonyl (C=O) groups is 3. The van der Waals surface area contributed by atoms with Gasteiger partial charge in [0.15, 0.2) is 6.10 Å². The molecule has 0 aromatic heterocycles. The van der Waals surface area contributed by atoms with Crippen LogP contribution in [0.5, 0.6) is 0 Å². The Morgan fingerprint density at radius 2 is 1.61 bits per heavy atom. The van der Waals surface area contributed by atoms with Gasteiger partial charge in [0.2, 0.25) is 5.91 Å². The highest BCUT2D eigenvalue weighted by Gasteiger charge is 2.29. The Bertz CT molecular complexity index is 915. The molecule has 8 heteroatoms. The van der Waals surface area contributed by atoms with E-state index in [1.807, 2.05) is 36.4 Å². The molecule has 1 aliphatic rings. The van der Waals surface area contributed by atoms with Gasteiger partial charge in [-0.05, 0) is 29.2 Å². The van der Waals surface area contributed by atoms with Crippen LogP contribution in [0.1, 0.15) is 30.4 Å². The van der Waals surface area contributed by atoms with E-state index in [0.717, 1.165) is 22.3 Å². The SMILES string of the molecule is COC(CNC(=O)CC(C)NC(=O)OCC1c2ccccc2-c2ccccc21)C(=O)O. The van der Waals surface area contributed by atoms with Crippen molar-refractivity contribution in [1.82, 2.24) is 10.6 Å². The van der Waals surface area contributed by atoms with E-state index < -0.39 is 30.1 Å². The molecule has 2 aromatic rings. The number of alkyl carbamates (subject to hydrolysis) is 1. The van der Waals surface area contributed by atoms with E-state index in [-0.39, 0.29) is 25.5 Å². The van der Waals surface area contributed by atoms with Crippen molar-refractivity contribution in [3.05, 3.63) is 59.7 Å². The number of aliphatic carboxylic acids is 1. The van der Waals surface area contributed by atoms with Crippen LogP contribution in [0.15, 0.2) is 48.5 Å². The fourth-order valence-electron chi connectivity index (χ4n) is 3.72. The number of rotatable bonds is 9. The van der Waals surface area contributed by atoms with E-state index >= 15 is 0 Å². The zero-order chi connectivity index (χ0) is 22.4. The summed E-state index contributed by atoms with van der Waals surface area (Å²) in [4.78, 5) is 35.1. The molecule has 2 amide bonds. The van der Waals surface area contributed by atoms with Gasteiger partial charge >= 0.3 is 12.1 Å². The van der Waals surface area contributed by atoms with Gasteiger partial charge in [-0.3, -0.25) is 4.79 Å². The lowest BCUT2D eigenvalue weighted by Crippen LogP contribution is -2.41. The molecule has 3 rings (SSSR count). The Hall–Kier alpha value is -3.39. The lowest BCUT2D eigenvalue weighted by atomic mass is 9.98. The predicted molar refractivity (Wildman–Crippen MR) is 114 cm³/mol. The first kappa shape index (κ1) is 22.3. The molecule has 0 radical (unpaired) electrons. The van der Waals surface area contributed by atoms with Crippen LogP contribution in [0, 0.1) is 0 Å². The smallest absolute Gasteiger partial charge is 0.407 e. The van der Waals surface area contributed by atoms with Crippen LogP contribution in [0.3, 0.4) is 0 Å². The Morgan fingerprint density at radius 3 is 2.16 bits per heavy atom. The van der Waals surface area contributed by atoms with Gasteiger partial charge in [0.1, 0.15) is 6.61 Å². The van der Waals surface area contributed by atoms with Crippen molar-refractivity contribution >= 4 is 18.0 Å². The summed E-state index contributed by atoms with van der Waals surface area (Å²) in [5.74, 6) is -1.60. The van der Waals surface area contributed by atoms with E-state index in [4.69, 9.17) is 14.6 Å². The fraction of sp³-hybridized carbons (Fsp3) is 0.348. The molecule has 1 aliphatic carbocycles. The van der Waals surface area contributed by atoms with Gasteiger partial charge < -0.3 is 25.2 Å². The van der Waals surface area contributed by atoms with Crippen molar-refractivity contribution in [3.8, 4) is 11.1 Å². The number of hydrogen-bond donors (Lipinski definition) is 3. The summed E-state index contributed by atoms with van der Waals surface area (Å²) in [6.07, 6.45) is -1.74. The van der Waals surface area contributed by atoms with Crippen molar-refractivity contribution in [3.63, 3.8) is 0 Å². The number of ether oxygens (including phenoxy) is 2. The molecule has 0 saturated carbocycles. The first-order valence-electron chi connectivity index (χ1n) is 10.0. The average Bonchev–Trinajstić information content (AvgIpc) is 3.06. The first-order valence-corrected chi connectivity index (χ1v) is 10.0.